The van der Waals surface area contributed by atoms with Crippen LogP contribution in [0.4, 0.5) is 11.4 Å². The molecule has 7 rings (SSSR count). The molecule has 0 fully saturated rings. The van der Waals surface area contributed by atoms with E-state index in [0.717, 1.165) is 0 Å². The molecule has 4 N–H and O–H groups in total. The SMILES string of the molecule is Nc1cccc(Oc2ccccc2Oc2ccccc2Oc2cccc(Oc3ccccc3Oc3ccccc3Oc3cccc(N)c3)c2)c1. The average molecular weight is 661 g/mol. The topological polar surface area (TPSA) is 107 Å². The quantitative estimate of drug-likeness (QED) is 0.125. The van der Waals surface area contributed by atoms with Crippen molar-refractivity contribution in [2.45, 2.75) is 0 Å². The van der Waals surface area contributed by atoms with Crippen molar-refractivity contribution in [1.29, 1.82) is 0 Å². The lowest BCUT2D eigenvalue weighted by Crippen LogP contribution is -1.94. The summed E-state index contributed by atoms with van der Waals surface area (Å²) in [4.78, 5) is 0. The van der Waals surface area contributed by atoms with Crippen LogP contribution in [0.25, 0.3) is 0 Å². The maximum absolute atomic E-state index is 6.32. The number of anilines is 2. The monoisotopic (exact) mass is 660 g/mol. The molecular formula is C42H32N2O6. The summed E-state index contributed by atoms with van der Waals surface area (Å²) < 4.78 is 37.5. The Kier molecular flexibility index (Phi) is 9.33. The van der Waals surface area contributed by atoms with Gasteiger partial charge in [-0.15, -0.1) is 0 Å². The molecule has 246 valence electrons. The van der Waals surface area contributed by atoms with Gasteiger partial charge < -0.3 is 39.9 Å². The van der Waals surface area contributed by atoms with Crippen LogP contribution in [0.2, 0.25) is 0 Å². The van der Waals surface area contributed by atoms with Crippen molar-refractivity contribution in [2.24, 2.45) is 0 Å². The summed E-state index contributed by atoms with van der Waals surface area (Å²) in [6.45, 7) is 0. The predicted octanol–water partition coefficient (Wildman–Crippen LogP) is 11.6. The molecule has 0 saturated heterocycles. The van der Waals surface area contributed by atoms with Gasteiger partial charge in [0.2, 0.25) is 0 Å². The molecule has 0 amide bonds. The van der Waals surface area contributed by atoms with Crippen LogP contribution in [0.15, 0.2) is 170 Å². The number of nitrogen functional groups attached to an aromatic ring is 2. The van der Waals surface area contributed by atoms with Crippen LogP contribution in [0.3, 0.4) is 0 Å². The van der Waals surface area contributed by atoms with E-state index in [9.17, 15) is 0 Å². The molecule has 7 aromatic carbocycles. The van der Waals surface area contributed by atoms with E-state index in [1.165, 1.54) is 0 Å². The fraction of sp³-hybridized carbons (Fsp3) is 0. The minimum Gasteiger partial charge on any atom is -0.453 e. The fourth-order valence-corrected chi connectivity index (χ4v) is 4.98. The molecule has 50 heavy (non-hydrogen) atoms. The van der Waals surface area contributed by atoms with Gasteiger partial charge in [-0.1, -0.05) is 66.7 Å². The highest BCUT2D eigenvalue weighted by Crippen LogP contribution is 2.42. The van der Waals surface area contributed by atoms with Gasteiger partial charge in [0.1, 0.15) is 23.0 Å². The van der Waals surface area contributed by atoms with Gasteiger partial charge >= 0.3 is 0 Å². The lowest BCUT2D eigenvalue weighted by Gasteiger charge is -2.16. The third kappa shape index (κ3) is 7.90. The lowest BCUT2D eigenvalue weighted by atomic mass is 10.2. The molecule has 8 heteroatoms. The summed E-state index contributed by atoms with van der Waals surface area (Å²) in [7, 11) is 0. The zero-order valence-corrected chi connectivity index (χ0v) is 26.8. The number of hydrogen-bond acceptors (Lipinski definition) is 8. The molecular weight excluding hydrogens is 628 g/mol. The second-order valence-electron chi connectivity index (χ2n) is 11.0. The van der Waals surface area contributed by atoms with Crippen LogP contribution >= 0.6 is 0 Å². The van der Waals surface area contributed by atoms with Gasteiger partial charge in [0, 0.05) is 29.6 Å². The standard InChI is InChI=1S/C42H32N2O6/c43-29-12-9-14-31(26-29)45-35-18-1-5-22-39(35)49-41-24-7-3-20-37(41)47-33-16-11-17-34(28-33)48-38-21-4-8-25-42(38)50-40-23-6-2-19-36(40)46-32-15-10-13-30(44)27-32/h1-28H,43-44H2. The van der Waals surface area contributed by atoms with E-state index in [1.807, 2.05) is 140 Å². The first-order valence-corrected chi connectivity index (χ1v) is 15.8. The van der Waals surface area contributed by atoms with Crippen LogP contribution in [0.5, 0.6) is 69.0 Å². The Morgan fingerprint density at radius 2 is 0.480 bits per heavy atom. The van der Waals surface area contributed by atoms with E-state index >= 15 is 0 Å². The summed E-state index contributed by atoms with van der Waals surface area (Å²) in [5.74, 6) is 6.39. The van der Waals surface area contributed by atoms with E-state index in [-0.39, 0.29) is 0 Å². The largest absolute Gasteiger partial charge is 0.453 e. The molecule has 0 aliphatic rings. The Balaban J connectivity index is 1.08. The Morgan fingerprint density at radius 1 is 0.240 bits per heavy atom. The van der Waals surface area contributed by atoms with Crippen molar-refractivity contribution in [3.63, 3.8) is 0 Å². The third-order valence-corrected chi connectivity index (χ3v) is 7.27. The lowest BCUT2D eigenvalue weighted by molar-refractivity contribution is 0.388. The number of para-hydroxylation sites is 8. The van der Waals surface area contributed by atoms with E-state index < -0.39 is 0 Å². The highest BCUT2D eigenvalue weighted by molar-refractivity contribution is 5.54. The van der Waals surface area contributed by atoms with Gasteiger partial charge in [-0.2, -0.15) is 0 Å². The molecule has 0 unspecified atom stereocenters. The van der Waals surface area contributed by atoms with Crippen molar-refractivity contribution >= 4 is 11.4 Å². The minimum absolute atomic E-state index is 0.500. The third-order valence-electron chi connectivity index (χ3n) is 7.27. The van der Waals surface area contributed by atoms with Crippen LogP contribution < -0.4 is 39.9 Å². The van der Waals surface area contributed by atoms with Crippen LogP contribution in [-0.4, -0.2) is 0 Å². The first kappa shape index (κ1) is 31.5. The van der Waals surface area contributed by atoms with Gasteiger partial charge in [-0.3, -0.25) is 0 Å². The molecule has 0 heterocycles. The van der Waals surface area contributed by atoms with Gasteiger partial charge in [0.05, 0.1) is 0 Å². The molecule has 7 aromatic rings. The zero-order valence-electron chi connectivity index (χ0n) is 26.8. The number of nitrogens with two attached hydrogens (primary N) is 2. The first-order chi connectivity index (χ1) is 24.6. The van der Waals surface area contributed by atoms with Crippen molar-refractivity contribution in [3.8, 4) is 69.0 Å². The summed E-state index contributed by atoms with van der Waals surface area (Å²) >= 11 is 0. The first-order valence-electron chi connectivity index (χ1n) is 15.8. The molecule has 0 spiro atoms. The second-order valence-corrected chi connectivity index (χ2v) is 11.0. The molecule has 8 nitrogen and oxygen atoms in total. The number of benzene rings is 7. The molecule has 0 saturated carbocycles. The molecule has 0 radical (unpaired) electrons. The van der Waals surface area contributed by atoms with Crippen molar-refractivity contribution in [2.75, 3.05) is 11.5 Å². The Bertz CT molecular complexity index is 2080. The van der Waals surface area contributed by atoms with Gasteiger partial charge in [0.25, 0.3) is 0 Å². The summed E-state index contributed by atoms with van der Waals surface area (Å²) in [5.41, 5.74) is 13.1. The van der Waals surface area contributed by atoms with Crippen LogP contribution in [-0.2, 0) is 0 Å². The predicted molar refractivity (Wildman–Crippen MR) is 194 cm³/mol. The maximum Gasteiger partial charge on any atom is 0.170 e. The Morgan fingerprint density at radius 3 is 0.760 bits per heavy atom. The van der Waals surface area contributed by atoms with E-state index in [1.54, 1.807) is 30.3 Å². The highest BCUT2D eigenvalue weighted by atomic mass is 16.6. The second kappa shape index (κ2) is 14.8. The minimum atomic E-state index is 0.500. The van der Waals surface area contributed by atoms with E-state index in [4.69, 9.17) is 39.9 Å². The van der Waals surface area contributed by atoms with Crippen molar-refractivity contribution < 1.29 is 28.4 Å². The summed E-state index contributed by atoms with van der Waals surface area (Å²) in [5, 5.41) is 0. The number of ether oxygens (including phenoxy) is 6. The normalized spacial score (nSPS) is 10.6. The van der Waals surface area contributed by atoms with Crippen LogP contribution in [0, 0.1) is 0 Å². The van der Waals surface area contributed by atoms with E-state index in [2.05, 4.69) is 0 Å². The van der Waals surface area contributed by atoms with E-state index in [0.29, 0.717) is 80.4 Å². The number of rotatable bonds is 12. The Hall–Kier alpha value is -7.06. The molecule has 0 atom stereocenters. The smallest absolute Gasteiger partial charge is 0.170 e. The van der Waals surface area contributed by atoms with Crippen LogP contribution in [0.1, 0.15) is 0 Å². The fourth-order valence-electron chi connectivity index (χ4n) is 4.98. The zero-order chi connectivity index (χ0) is 34.1. The molecule has 0 bridgehead atoms. The van der Waals surface area contributed by atoms with Gasteiger partial charge in [-0.25, -0.2) is 0 Å². The Labute approximate surface area is 289 Å². The summed E-state index contributed by atoms with van der Waals surface area (Å²) in [6.07, 6.45) is 0. The van der Waals surface area contributed by atoms with Gasteiger partial charge in [0.15, 0.2) is 46.0 Å². The average Bonchev–Trinajstić information content (AvgIpc) is 3.12. The summed E-state index contributed by atoms with van der Waals surface area (Å²) in [6, 6.07) is 51.4. The molecule has 0 aliphatic heterocycles. The van der Waals surface area contributed by atoms with Crippen molar-refractivity contribution in [3.05, 3.63) is 170 Å². The molecule has 0 aliphatic carbocycles. The van der Waals surface area contributed by atoms with Gasteiger partial charge in [-0.05, 0) is 84.9 Å². The highest BCUT2D eigenvalue weighted by Gasteiger charge is 2.14. The molecule has 0 aromatic heterocycles. The maximum atomic E-state index is 6.32. The van der Waals surface area contributed by atoms with Crippen molar-refractivity contribution in [1.82, 2.24) is 0 Å². The number of hydrogen-bond donors (Lipinski definition) is 2.